The summed E-state index contributed by atoms with van der Waals surface area (Å²) in [6.07, 6.45) is 7.27. The van der Waals surface area contributed by atoms with Crippen molar-refractivity contribution in [3.8, 4) is 5.75 Å². The van der Waals surface area contributed by atoms with Gasteiger partial charge in [0.15, 0.2) is 0 Å². The molecule has 2 aliphatic rings. The molecule has 0 aromatic heterocycles. The van der Waals surface area contributed by atoms with Gasteiger partial charge < -0.3 is 4.74 Å². The molecule has 0 bridgehead atoms. The molecule has 2 saturated carbocycles. The van der Waals surface area contributed by atoms with E-state index < -0.39 is 5.97 Å². The van der Waals surface area contributed by atoms with E-state index in [-0.39, 0.29) is 17.3 Å². The third-order valence-corrected chi connectivity index (χ3v) is 6.78. The summed E-state index contributed by atoms with van der Waals surface area (Å²) < 4.78 is 20.2. The third kappa shape index (κ3) is 4.14. The highest BCUT2D eigenvalue weighted by atomic mass is 19.1. The van der Waals surface area contributed by atoms with Gasteiger partial charge in [0.05, 0.1) is 5.56 Å². The monoisotopic (exact) mass is 380 g/mol. The summed E-state index contributed by atoms with van der Waals surface area (Å²) in [5.41, 5.74) is 2.13. The lowest BCUT2D eigenvalue weighted by Crippen LogP contribution is -2.30. The molecule has 0 aliphatic heterocycles. The number of halogens is 1. The highest BCUT2D eigenvalue weighted by Gasteiger charge is 2.35. The summed E-state index contributed by atoms with van der Waals surface area (Å²) in [5, 5.41) is 0. The van der Waals surface area contributed by atoms with E-state index >= 15 is 0 Å². The third-order valence-electron chi connectivity index (χ3n) is 6.78. The molecule has 28 heavy (non-hydrogen) atoms. The molecule has 2 fully saturated rings. The Kier molecular flexibility index (Phi) is 5.52. The van der Waals surface area contributed by atoms with Gasteiger partial charge in [0, 0.05) is 0 Å². The van der Waals surface area contributed by atoms with E-state index in [0.717, 1.165) is 41.7 Å². The summed E-state index contributed by atoms with van der Waals surface area (Å²) in [5.74, 6) is 2.37. The topological polar surface area (TPSA) is 26.3 Å². The predicted octanol–water partition coefficient (Wildman–Crippen LogP) is 6.67. The summed E-state index contributed by atoms with van der Waals surface area (Å²) in [4.78, 5) is 12.4. The van der Waals surface area contributed by atoms with Crippen LogP contribution in [0.1, 0.15) is 72.9 Å². The Bertz CT molecular complexity index is 842. The van der Waals surface area contributed by atoms with Gasteiger partial charge in [0.1, 0.15) is 11.6 Å². The van der Waals surface area contributed by atoms with Crippen LogP contribution < -0.4 is 4.74 Å². The Labute approximate surface area is 167 Å². The lowest BCUT2D eigenvalue weighted by Gasteiger charge is -2.41. The Morgan fingerprint density at radius 3 is 2.43 bits per heavy atom. The van der Waals surface area contributed by atoms with E-state index in [4.69, 9.17) is 4.74 Å². The van der Waals surface area contributed by atoms with Crippen LogP contribution in [-0.4, -0.2) is 5.97 Å². The van der Waals surface area contributed by atoms with Gasteiger partial charge in [-0.2, -0.15) is 0 Å². The molecule has 0 radical (unpaired) electrons. The molecule has 0 heterocycles. The minimum atomic E-state index is -0.515. The fourth-order valence-electron chi connectivity index (χ4n) is 5.16. The van der Waals surface area contributed by atoms with E-state index in [2.05, 4.69) is 6.92 Å². The lowest BCUT2D eigenvalue weighted by molar-refractivity contribution is 0.0734. The van der Waals surface area contributed by atoms with Gasteiger partial charge in [-0.05, 0) is 92.5 Å². The molecule has 0 N–H and O–H groups in total. The van der Waals surface area contributed by atoms with Gasteiger partial charge in [-0.15, -0.1) is 0 Å². The first kappa shape index (κ1) is 19.2. The van der Waals surface area contributed by atoms with Crippen LogP contribution in [0.4, 0.5) is 4.39 Å². The fraction of sp³-hybridized carbons (Fsp3) is 0.480. The highest BCUT2D eigenvalue weighted by molar-refractivity contribution is 5.91. The molecule has 2 nitrogen and oxygen atoms in total. The number of esters is 1. The first-order valence-corrected chi connectivity index (χ1v) is 10.6. The summed E-state index contributed by atoms with van der Waals surface area (Å²) >= 11 is 0. The lowest BCUT2D eigenvalue weighted by atomic mass is 9.64. The van der Waals surface area contributed by atoms with Crippen LogP contribution in [0.25, 0.3) is 0 Å². The predicted molar refractivity (Wildman–Crippen MR) is 109 cm³/mol. The molecule has 148 valence electrons. The maximum Gasteiger partial charge on any atom is 0.343 e. The maximum absolute atomic E-state index is 14.9. The molecule has 1 unspecified atom stereocenters. The van der Waals surface area contributed by atoms with Crippen LogP contribution in [0.5, 0.6) is 5.75 Å². The summed E-state index contributed by atoms with van der Waals surface area (Å²) in [6.45, 7) is 4.33. The van der Waals surface area contributed by atoms with Crippen molar-refractivity contribution in [1.29, 1.82) is 0 Å². The standard InChI is InChI=1S/C25H29FO2/c1-16-4-10-22(11-5-16)28-25(27)21-9-12-23(24(26)15-21)20-8-7-18-13-17(2)3-6-19(18)14-20/h4-5,9-12,15,17-20H,3,6-8,13-14H2,1-2H3/t17-,18-,19+,20?/m0/s1. The average molecular weight is 381 g/mol. The molecule has 2 aromatic carbocycles. The smallest absolute Gasteiger partial charge is 0.343 e. The minimum Gasteiger partial charge on any atom is -0.423 e. The average Bonchev–Trinajstić information content (AvgIpc) is 2.69. The Hall–Kier alpha value is -2.16. The van der Waals surface area contributed by atoms with Crippen molar-refractivity contribution < 1.29 is 13.9 Å². The minimum absolute atomic E-state index is 0.266. The van der Waals surface area contributed by atoms with Crippen LogP contribution in [0, 0.1) is 30.5 Å². The molecule has 0 spiro atoms. The number of ether oxygens (including phenoxy) is 1. The first-order valence-electron chi connectivity index (χ1n) is 10.6. The van der Waals surface area contributed by atoms with E-state index in [1.54, 1.807) is 24.3 Å². The molecule has 0 saturated heterocycles. The number of hydrogen-bond donors (Lipinski definition) is 0. The summed E-state index contributed by atoms with van der Waals surface area (Å²) in [7, 11) is 0. The van der Waals surface area contributed by atoms with E-state index in [1.807, 2.05) is 19.1 Å². The molecular weight excluding hydrogens is 351 g/mol. The highest BCUT2D eigenvalue weighted by Crippen LogP contribution is 2.47. The van der Waals surface area contributed by atoms with Crippen LogP contribution >= 0.6 is 0 Å². The zero-order valence-electron chi connectivity index (χ0n) is 16.8. The molecule has 4 rings (SSSR count). The zero-order chi connectivity index (χ0) is 19.7. The second-order valence-corrected chi connectivity index (χ2v) is 8.89. The van der Waals surface area contributed by atoms with Crippen molar-refractivity contribution in [3.63, 3.8) is 0 Å². The number of aryl methyl sites for hydroxylation is 1. The zero-order valence-corrected chi connectivity index (χ0v) is 16.8. The number of carbonyl (C=O) groups is 1. The number of carbonyl (C=O) groups excluding carboxylic acids is 1. The first-order chi connectivity index (χ1) is 13.5. The van der Waals surface area contributed by atoms with Crippen molar-refractivity contribution in [2.75, 3.05) is 0 Å². The van der Waals surface area contributed by atoms with Gasteiger partial charge in [0.2, 0.25) is 0 Å². The molecule has 2 aliphatic carbocycles. The number of hydrogen-bond acceptors (Lipinski definition) is 2. The van der Waals surface area contributed by atoms with Gasteiger partial charge in [0.25, 0.3) is 0 Å². The van der Waals surface area contributed by atoms with E-state index in [1.165, 1.54) is 31.7 Å². The van der Waals surface area contributed by atoms with Gasteiger partial charge in [-0.3, -0.25) is 0 Å². The van der Waals surface area contributed by atoms with E-state index in [0.29, 0.717) is 5.75 Å². The second-order valence-electron chi connectivity index (χ2n) is 8.89. The van der Waals surface area contributed by atoms with E-state index in [9.17, 15) is 9.18 Å². The number of benzene rings is 2. The normalized spacial score (nSPS) is 27.1. The van der Waals surface area contributed by atoms with Gasteiger partial charge >= 0.3 is 5.97 Å². The SMILES string of the molecule is Cc1ccc(OC(=O)c2ccc(C3CC[C@H]4C[C@@H](C)CC[C@@H]4C3)c(F)c2)cc1. The molecule has 2 aromatic rings. The van der Waals surface area contributed by atoms with Crippen LogP contribution in [0.2, 0.25) is 0 Å². The van der Waals surface area contributed by atoms with Crippen molar-refractivity contribution in [3.05, 3.63) is 65.0 Å². The Morgan fingerprint density at radius 2 is 1.68 bits per heavy atom. The largest absolute Gasteiger partial charge is 0.423 e. The van der Waals surface area contributed by atoms with Crippen LogP contribution in [0.15, 0.2) is 42.5 Å². The molecule has 0 amide bonds. The quantitative estimate of drug-likeness (QED) is 0.439. The van der Waals surface area contributed by atoms with Gasteiger partial charge in [-0.1, -0.05) is 37.1 Å². The Balaban J connectivity index is 1.44. The fourth-order valence-corrected chi connectivity index (χ4v) is 5.16. The van der Waals surface area contributed by atoms with Crippen LogP contribution in [-0.2, 0) is 0 Å². The van der Waals surface area contributed by atoms with Crippen molar-refractivity contribution in [1.82, 2.24) is 0 Å². The molecule has 4 atom stereocenters. The second kappa shape index (κ2) is 8.06. The van der Waals surface area contributed by atoms with Crippen molar-refractivity contribution in [2.45, 2.75) is 58.3 Å². The van der Waals surface area contributed by atoms with Crippen LogP contribution in [0.3, 0.4) is 0 Å². The van der Waals surface area contributed by atoms with Crippen molar-refractivity contribution in [2.24, 2.45) is 17.8 Å². The molecular formula is C25H29FO2. The summed E-state index contributed by atoms with van der Waals surface area (Å²) in [6, 6.07) is 12.1. The number of rotatable bonds is 3. The number of fused-ring (bicyclic) bond motifs is 1. The maximum atomic E-state index is 14.9. The van der Waals surface area contributed by atoms with Gasteiger partial charge in [-0.25, -0.2) is 9.18 Å². The Morgan fingerprint density at radius 1 is 0.964 bits per heavy atom. The van der Waals surface area contributed by atoms with Crippen molar-refractivity contribution >= 4 is 5.97 Å². The molecule has 3 heteroatoms.